The van der Waals surface area contributed by atoms with Gasteiger partial charge in [0.1, 0.15) is 10.7 Å². The molecule has 1 aliphatic heterocycles. The second-order valence-corrected chi connectivity index (χ2v) is 6.38. The summed E-state index contributed by atoms with van der Waals surface area (Å²) >= 11 is 1.23. The van der Waals surface area contributed by atoms with Crippen LogP contribution in [-0.2, 0) is 9.59 Å². The molecular weight excluding hydrogens is 358 g/mol. The molecule has 1 aromatic carbocycles. The van der Waals surface area contributed by atoms with E-state index in [2.05, 4.69) is 20.6 Å². The lowest BCUT2D eigenvalue weighted by Crippen LogP contribution is -2.34. The van der Waals surface area contributed by atoms with E-state index in [9.17, 15) is 9.59 Å². The van der Waals surface area contributed by atoms with Crippen LogP contribution in [0.25, 0.3) is 10.6 Å². The van der Waals surface area contributed by atoms with Crippen LogP contribution in [0.15, 0.2) is 23.3 Å². The van der Waals surface area contributed by atoms with Crippen LogP contribution in [0.4, 0.5) is 5.13 Å². The number of carbonyl (C=O) groups excluding carboxylic acids is 2. The van der Waals surface area contributed by atoms with E-state index in [0.29, 0.717) is 28.1 Å². The first-order chi connectivity index (χ1) is 12.5. The number of aromatic nitrogens is 2. The molecule has 1 aromatic heterocycles. The van der Waals surface area contributed by atoms with Gasteiger partial charge in [-0.3, -0.25) is 14.9 Å². The zero-order chi connectivity index (χ0) is 18.7. The molecule has 2 amide bonds. The Morgan fingerprint density at radius 1 is 1.19 bits per heavy atom. The van der Waals surface area contributed by atoms with Gasteiger partial charge >= 0.3 is 0 Å². The predicted octanol–water partition coefficient (Wildman–Crippen LogP) is 1.77. The van der Waals surface area contributed by atoms with Gasteiger partial charge in [-0.05, 0) is 18.2 Å². The number of ether oxygens (including phenoxy) is 2. The molecule has 10 heteroatoms. The number of amides is 2. The summed E-state index contributed by atoms with van der Waals surface area (Å²) in [5.41, 5.74) is 1.08. The maximum Gasteiger partial charge on any atom is 0.273 e. The molecule has 0 aliphatic carbocycles. The van der Waals surface area contributed by atoms with Crippen LogP contribution in [0.1, 0.15) is 12.8 Å². The predicted molar refractivity (Wildman–Crippen MR) is 96.5 cm³/mol. The molecule has 2 heterocycles. The molecule has 136 valence electrons. The summed E-state index contributed by atoms with van der Waals surface area (Å²) in [4.78, 5) is 23.7. The van der Waals surface area contributed by atoms with Gasteiger partial charge in [-0.25, -0.2) is 5.01 Å². The second-order valence-electron chi connectivity index (χ2n) is 5.40. The normalized spacial score (nSPS) is 14.0. The summed E-state index contributed by atoms with van der Waals surface area (Å²) in [5.74, 6) is 0.686. The highest BCUT2D eigenvalue weighted by Crippen LogP contribution is 2.34. The van der Waals surface area contributed by atoms with Crippen molar-refractivity contribution in [2.24, 2.45) is 5.10 Å². The molecule has 2 aromatic rings. The third-order valence-electron chi connectivity index (χ3n) is 3.75. The molecule has 0 bridgehead atoms. The van der Waals surface area contributed by atoms with Gasteiger partial charge in [-0.2, -0.15) is 5.10 Å². The van der Waals surface area contributed by atoms with Gasteiger partial charge in [-0.15, -0.1) is 10.2 Å². The summed E-state index contributed by atoms with van der Waals surface area (Å²) in [6, 6.07) is 5.40. The molecule has 0 unspecified atom stereocenters. The van der Waals surface area contributed by atoms with Crippen molar-refractivity contribution in [1.82, 2.24) is 15.2 Å². The Bertz CT molecular complexity index is 879. The number of hydrogen-bond donors (Lipinski definition) is 1. The topological polar surface area (TPSA) is 106 Å². The Morgan fingerprint density at radius 3 is 2.65 bits per heavy atom. The van der Waals surface area contributed by atoms with E-state index >= 15 is 0 Å². The summed E-state index contributed by atoms with van der Waals surface area (Å²) in [6.45, 7) is 0. The molecule has 0 saturated carbocycles. The number of anilines is 1. The van der Waals surface area contributed by atoms with Gasteiger partial charge in [0.25, 0.3) is 5.91 Å². The number of methoxy groups -OCH3 is 2. The van der Waals surface area contributed by atoms with Crippen molar-refractivity contribution in [3.8, 4) is 22.1 Å². The fourth-order valence-corrected chi connectivity index (χ4v) is 3.10. The second kappa shape index (κ2) is 7.48. The molecule has 0 spiro atoms. The van der Waals surface area contributed by atoms with E-state index in [0.717, 1.165) is 5.56 Å². The molecule has 1 aliphatic rings. The van der Waals surface area contributed by atoms with E-state index in [-0.39, 0.29) is 23.9 Å². The highest BCUT2D eigenvalue weighted by atomic mass is 32.1. The number of nitrogens with zero attached hydrogens (tertiary/aromatic N) is 4. The Morgan fingerprint density at radius 2 is 1.96 bits per heavy atom. The van der Waals surface area contributed by atoms with E-state index < -0.39 is 0 Å². The SMILES string of the molecule is COc1ccc(-c2nnc(NC(=O)C3=NN(C)C(=O)CC3)s2)cc1OC. The van der Waals surface area contributed by atoms with Gasteiger partial charge in [0.2, 0.25) is 11.0 Å². The van der Waals surface area contributed by atoms with Crippen molar-refractivity contribution in [3.05, 3.63) is 18.2 Å². The van der Waals surface area contributed by atoms with Crippen molar-refractivity contribution < 1.29 is 19.1 Å². The average Bonchev–Trinajstić information content (AvgIpc) is 3.11. The molecule has 0 saturated heterocycles. The number of nitrogens with one attached hydrogen (secondary N) is 1. The summed E-state index contributed by atoms with van der Waals surface area (Å²) in [5, 5.41) is 16.9. The zero-order valence-corrected chi connectivity index (χ0v) is 15.3. The van der Waals surface area contributed by atoms with Gasteiger partial charge in [-0.1, -0.05) is 11.3 Å². The quantitative estimate of drug-likeness (QED) is 0.854. The third-order valence-corrected chi connectivity index (χ3v) is 4.63. The highest BCUT2D eigenvalue weighted by Gasteiger charge is 2.23. The van der Waals surface area contributed by atoms with Crippen LogP contribution in [0.5, 0.6) is 11.5 Å². The fraction of sp³-hybridized carbons (Fsp3) is 0.312. The molecule has 9 nitrogen and oxygen atoms in total. The van der Waals surface area contributed by atoms with E-state index in [1.54, 1.807) is 26.4 Å². The van der Waals surface area contributed by atoms with Crippen molar-refractivity contribution in [2.75, 3.05) is 26.6 Å². The number of hydrazone groups is 1. The van der Waals surface area contributed by atoms with Gasteiger partial charge < -0.3 is 9.47 Å². The molecule has 0 radical (unpaired) electrons. The molecule has 0 atom stereocenters. The third kappa shape index (κ3) is 3.64. The standard InChI is InChI=1S/C16H17N5O4S/c1-21-13(22)7-5-10(20-21)14(23)17-16-19-18-15(26-16)9-4-6-11(24-2)12(8-9)25-3/h4,6,8H,5,7H2,1-3H3,(H,17,19,23). The van der Waals surface area contributed by atoms with Gasteiger partial charge in [0, 0.05) is 25.5 Å². The Labute approximate surface area is 153 Å². The van der Waals surface area contributed by atoms with E-state index in [1.165, 1.54) is 23.4 Å². The van der Waals surface area contributed by atoms with E-state index in [1.807, 2.05) is 6.07 Å². The zero-order valence-electron chi connectivity index (χ0n) is 14.5. The number of benzene rings is 1. The highest BCUT2D eigenvalue weighted by molar-refractivity contribution is 7.18. The van der Waals surface area contributed by atoms with Crippen molar-refractivity contribution in [1.29, 1.82) is 0 Å². The van der Waals surface area contributed by atoms with Crippen LogP contribution < -0.4 is 14.8 Å². The lowest BCUT2D eigenvalue weighted by Gasteiger charge is -2.18. The van der Waals surface area contributed by atoms with Crippen LogP contribution in [0, 0.1) is 0 Å². The minimum Gasteiger partial charge on any atom is -0.493 e. The lowest BCUT2D eigenvalue weighted by molar-refractivity contribution is -0.130. The summed E-state index contributed by atoms with van der Waals surface area (Å²) in [7, 11) is 4.64. The van der Waals surface area contributed by atoms with Crippen LogP contribution >= 0.6 is 11.3 Å². The lowest BCUT2D eigenvalue weighted by atomic mass is 10.1. The molecule has 26 heavy (non-hydrogen) atoms. The summed E-state index contributed by atoms with van der Waals surface area (Å²) in [6.07, 6.45) is 0.562. The first kappa shape index (κ1) is 17.8. The Balaban J connectivity index is 1.75. The number of carbonyl (C=O) groups is 2. The average molecular weight is 375 g/mol. The largest absolute Gasteiger partial charge is 0.493 e. The minimum absolute atomic E-state index is 0.117. The Hall–Kier alpha value is -3.01. The van der Waals surface area contributed by atoms with Crippen LogP contribution in [0.3, 0.4) is 0 Å². The van der Waals surface area contributed by atoms with Crippen LogP contribution in [0.2, 0.25) is 0 Å². The molecule has 1 N–H and O–H groups in total. The maximum absolute atomic E-state index is 12.3. The Kier molecular flexibility index (Phi) is 5.12. The van der Waals surface area contributed by atoms with E-state index in [4.69, 9.17) is 9.47 Å². The first-order valence-electron chi connectivity index (χ1n) is 7.73. The number of hydrogen-bond acceptors (Lipinski definition) is 8. The molecule has 3 rings (SSSR count). The van der Waals surface area contributed by atoms with Gasteiger partial charge in [0.15, 0.2) is 11.5 Å². The number of rotatable bonds is 5. The molecular formula is C16H17N5O4S. The summed E-state index contributed by atoms with van der Waals surface area (Å²) < 4.78 is 10.5. The fourth-order valence-electron chi connectivity index (χ4n) is 2.36. The maximum atomic E-state index is 12.3. The first-order valence-corrected chi connectivity index (χ1v) is 8.54. The van der Waals surface area contributed by atoms with Crippen molar-refractivity contribution in [2.45, 2.75) is 12.8 Å². The van der Waals surface area contributed by atoms with Crippen molar-refractivity contribution >= 4 is 34.0 Å². The van der Waals surface area contributed by atoms with Crippen LogP contribution in [-0.4, -0.2) is 54.0 Å². The van der Waals surface area contributed by atoms with Crippen molar-refractivity contribution in [3.63, 3.8) is 0 Å². The molecule has 0 fully saturated rings. The smallest absolute Gasteiger partial charge is 0.273 e. The monoisotopic (exact) mass is 375 g/mol. The van der Waals surface area contributed by atoms with Gasteiger partial charge in [0.05, 0.1) is 14.2 Å². The minimum atomic E-state index is -0.389.